The molecule has 0 aromatic rings. The first-order valence-electron chi connectivity index (χ1n) is 9.25. The van der Waals surface area contributed by atoms with Crippen molar-refractivity contribution in [2.45, 2.75) is 71.3 Å². The van der Waals surface area contributed by atoms with E-state index in [4.69, 9.17) is 9.79 Å². The summed E-state index contributed by atoms with van der Waals surface area (Å²) in [5, 5.41) is 4.87. The van der Waals surface area contributed by atoms with E-state index in [1.807, 2.05) is 0 Å². The molecule has 0 bridgehead atoms. The molecule has 0 heterocycles. The largest absolute Gasteiger partial charge is 0.469 e. The standard InChI is InChI=1S/C17H33N2O6P/c1-3-5-6-7-8-9-10-11-12-13-16(20)19-15(17(21)18-4-2)14-25-26(22,23)24/h12-13,15H,3-11,14H2,1-2H3,(H,18,21)(H,19,20)(H2,22,23,24). The molecule has 0 rings (SSSR count). The molecular weight excluding hydrogens is 359 g/mol. The molecule has 9 heteroatoms. The van der Waals surface area contributed by atoms with Crippen LogP contribution in [0.5, 0.6) is 0 Å². The monoisotopic (exact) mass is 392 g/mol. The van der Waals surface area contributed by atoms with Crippen LogP contribution in [0.4, 0.5) is 0 Å². The summed E-state index contributed by atoms with van der Waals surface area (Å²) in [6.07, 6.45) is 12.2. The highest BCUT2D eigenvalue weighted by molar-refractivity contribution is 7.46. The number of phosphoric ester groups is 1. The Bertz CT molecular complexity index is 478. The Morgan fingerprint density at radius 1 is 1.08 bits per heavy atom. The zero-order valence-electron chi connectivity index (χ0n) is 15.8. The third-order valence-electron chi connectivity index (χ3n) is 3.64. The summed E-state index contributed by atoms with van der Waals surface area (Å²) in [6, 6.07) is -1.17. The van der Waals surface area contributed by atoms with E-state index >= 15 is 0 Å². The fourth-order valence-corrected chi connectivity index (χ4v) is 2.62. The van der Waals surface area contributed by atoms with E-state index in [9.17, 15) is 14.2 Å². The molecule has 1 atom stereocenters. The Hall–Kier alpha value is -1.21. The Labute approximate surface area is 156 Å². The number of nitrogens with one attached hydrogen (secondary N) is 2. The van der Waals surface area contributed by atoms with Crippen LogP contribution in [0.3, 0.4) is 0 Å². The lowest BCUT2D eigenvalue weighted by Crippen LogP contribution is -2.48. The fourth-order valence-electron chi connectivity index (χ4n) is 2.28. The number of carbonyl (C=O) groups is 2. The zero-order chi connectivity index (χ0) is 19.8. The molecule has 0 saturated carbocycles. The average molecular weight is 392 g/mol. The first-order chi connectivity index (χ1) is 12.3. The number of likely N-dealkylation sites (N-methyl/N-ethyl adjacent to an activating group) is 1. The van der Waals surface area contributed by atoms with Crippen LogP contribution in [0.25, 0.3) is 0 Å². The van der Waals surface area contributed by atoms with Gasteiger partial charge in [0.05, 0.1) is 6.61 Å². The molecule has 0 aliphatic rings. The Balaban J connectivity index is 4.17. The van der Waals surface area contributed by atoms with E-state index in [0.29, 0.717) is 6.54 Å². The first kappa shape index (κ1) is 24.8. The zero-order valence-corrected chi connectivity index (χ0v) is 16.7. The smallest absolute Gasteiger partial charge is 0.355 e. The van der Waals surface area contributed by atoms with Crippen LogP contribution in [0, 0.1) is 0 Å². The normalized spacial score (nSPS) is 12.9. The maximum absolute atomic E-state index is 11.9. The van der Waals surface area contributed by atoms with Crippen LogP contribution in [0.15, 0.2) is 12.2 Å². The van der Waals surface area contributed by atoms with E-state index in [-0.39, 0.29) is 0 Å². The summed E-state index contributed by atoms with van der Waals surface area (Å²) in [5.41, 5.74) is 0. The second kappa shape index (κ2) is 14.9. The maximum Gasteiger partial charge on any atom is 0.469 e. The predicted molar refractivity (Wildman–Crippen MR) is 100 cm³/mol. The molecule has 0 radical (unpaired) electrons. The van der Waals surface area contributed by atoms with Crippen molar-refractivity contribution in [3.8, 4) is 0 Å². The Morgan fingerprint density at radius 2 is 1.69 bits per heavy atom. The summed E-state index contributed by atoms with van der Waals surface area (Å²) in [7, 11) is -4.72. The summed E-state index contributed by atoms with van der Waals surface area (Å²) in [4.78, 5) is 41.2. The molecule has 0 aliphatic carbocycles. The lowest BCUT2D eigenvalue weighted by molar-refractivity contribution is -0.127. The SMILES string of the molecule is CCCCCCCCCC=CC(=O)NC(COP(=O)(O)O)C(=O)NCC. The number of rotatable bonds is 15. The summed E-state index contributed by atoms with van der Waals surface area (Å²) in [6.45, 7) is 3.61. The summed E-state index contributed by atoms with van der Waals surface area (Å²) in [5.74, 6) is -1.06. The molecule has 0 saturated heterocycles. The van der Waals surface area contributed by atoms with Gasteiger partial charge in [0.25, 0.3) is 0 Å². The van der Waals surface area contributed by atoms with Crippen LogP contribution in [-0.2, 0) is 18.7 Å². The number of amides is 2. The quantitative estimate of drug-likeness (QED) is 0.193. The third-order valence-corrected chi connectivity index (χ3v) is 4.12. The highest BCUT2D eigenvalue weighted by Gasteiger charge is 2.24. The van der Waals surface area contributed by atoms with Gasteiger partial charge in [-0.15, -0.1) is 0 Å². The number of hydrogen-bond acceptors (Lipinski definition) is 4. The van der Waals surface area contributed by atoms with Gasteiger partial charge in [0.2, 0.25) is 11.8 Å². The van der Waals surface area contributed by atoms with Gasteiger partial charge in [-0.05, 0) is 25.8 Å². The molecule has 0 aliphatic heterocycles. The van der Waals surface area contributed by atoms with Crippen molar-refractivity contribution in [2.75, 3.05) is 13.2 Å². The minimum atomic E-state index is -4.72. The van der Waals surface area contributed by atoms with E-state index in [1.54, 1.807) is 13.0 Å². The van der Waals surface area contributed by atoms with Gasteiger partial charge in [-0.25, -0.2) is 4.57 Å². The van der Waals surface area contributed by atoms with E-state index in [0.717, 1.165) is 19.3 Å². The number of allylic oxidation sites excluding steroid dienone is 1. The lowest BCUT2D eigenvalue weighted by atomic mass is 10.1. The van der Waals surface area contributed by atoms with Gasteiger partial charge < -0.3 is 20.4 Å². The van der Waals surface area contributed by atoms with Gasteiger partial charge in [0.15, 0.2) is 0 Å². The summed E-state index contributed by atoms with van der Waals surface area (Å²) >= 11 is 0. The average Bonchev–Trinajstić information content (AvgIpc) is 2.56. The molecular formula is C17H33N2O6P. The number of carbonyl (C=O) groups excluding carboxylic acids is 2. The third kappa shape index (κ3) is 15.1. The number of unbranched alkanes of at least 4 members (excludes halogenated alkanes) is 7. The van der Waals surface area contributed by atoms with Gasteiger partial charge >= 0.3 is 7.82 Å². The van der Waals surface area contributed by atoms with Gasteiger partial charge in [-0.1, -0.05) is 51.5 Å². The number of phosphoric acid groups is 1. The van der Waals surface area contributed by atoms with Crippen molar-refractivity contribution in [1.29, 1.82) is 0 Å². The summed E-state index contributed by atoms with van der Waals surface area (Å²) < 4.78 is 15.1. The Kier molecular flexibility index (Phi) is 14.2. The minimum Gasteiger partial charge on any atom is -0.355 e. The highest BCUT2D eigenvalue weighted by Crippen LogP contribution is 2.35. The minimum absolute atomic E-state index is 0.329. The molecule has 2 amide bonds. The van der Waals surface area contributed by atoms with Crippen LogP contribution < -0.4 is 10.6 Å². The van der Waals surface area contributed by atoms with Crippen LogP contribution >= 0.6 is 7.82 Å². The van der Waals surface area contributed by atoms with Crippen molar-refractivity contribution >= 4 is 19.6 Å². The molecule has 0 aromatic heterocycles. The second-order valence-corrected chi connectivity index (χ2v) is 7.29. The van der Waals surface area contributed by atoms with Gasteiger partial charge in [0, 0.05) is 6.54 Å². The molecule has 0 aromatic carbocycles. The van der Waals surface area contributed by atoms with Crippen LogP contribution in [0.1, 0.15) is 65.2 Å². The van der Waals surface area contributed by atoms with E-state index in [2.05, 4.69) is 22.1 Å². The lowest BCUT2D eigenvalue weighted by Gasteiger charge is -2.17. The van der Waals surface area contributed by atoms with Crippen molar-refractivity contribution in [3.63, 3.8) is 0 Å². The van der Waals surface area contributed by atoms with Crippen LogP contribution in [-0.4, -0.2) is 40.8 Å². The highest BCUT2D eigenvalue weighted by atomic mass is 31.2. The van der Waals surface area contributed by atoms with Gasteiger partial charge in [-0.2, -0.15) is 0 Å². The molecule has 8 nitrogen and oxygen atoms in total. The molecule has 0 spiro atoms. The van der Waals surface area contributed by atoms with Crippen LogP contribution in [0.2, 0.25) is 0 Å². The second-order valence-electron chi connectivity index (χ2n) is 6.05. The van der Waals surface area contributed by atoms with Gasteiger partial charge in [-0.3, -0.25) is 14.1 Å². The van der Waals surface area contributed by atoms with Crippen molar-refractivity contribution in [3.05, 3.63) is 12.2 Å². The molecule has 0 fully saturated rings. The number of hydrogen-bond donors (Lipinski definition) is 4. The van der Waals surface area contributed by atoms with Crippen molar-refractivity contribution in [2.24, 2.45) is 0 Å². The molecule has 1 unspecified atom stereocenters. The topological polar surface area (TPSA) is 125 Å². The molecule has 152 valence electrons. The molecule has 4 N–H and O–H groups in total. The van der Waals surface area contributed by atoms with Crippen molar-refractivity contribution in [1.82, 2.24) is 10.6 Å². The Morgan fingerprint density at radius 3 is 2.27 bits per heavy atom. The first-order valence-corrected chi connectivity index (χ1v) is 10.8. The maximum atomic E-state index is 11.9. The predicted octanol–water partition coefficient (Wildman–Crippen LogP) is 2.41. The van der Waals surface area contributed by atoms with Gasteiger partial charge in [0.1, 0.15) is 6.04 Å². The van der Waals surface area contributed by atoms with E-state index in [1.165, 1.54) is 38.2 Å². The van der Waals surface area contributed by atoms with E-state index < -0.39 is 32.3 Å². The van der Waals surface area contributed by atoms with Crippen molar-refractivity contribution < 1.29 is 28.5 Å². The fraction of sp³-hybridized carbons (Fsp3) is 0.765. The molecule has 26 heavy (non-hydrogen) atoms.